The van der Waals surface area contributed by atoms with Crippen molar-refractivity contribution in [1.29, 1.82) is 0 Å². The number of hydrogen-bond donors (Lipinski definition) is 0. The summed E-state index contributed by atoms with van der Waals surface area (Å²) in [5.74, 6) is 0.492. The minimum Gasteiger partial charge on any atom is -0.494 e. The fourth-order valence-electron chi connectivity index (χ4n) is 4.83. The highest BCUT2D eigenvalue weighted by Gasteiger charge is 2.29. The summed E-state index contributed by atoms with van der Waals surface area (Å²) in [4.78, 5) is 25.5. The highest BCUT2D eigenvalue weighted by molar-refractivity contribution is 6.28. The van der Waals surface area contributed by atoms with E-state index in [1.807, 2.05) is 6.07 Å². The molecule has 3 heteroatoms. The molecule has 0 aliphatic heterocycles. The van der Waals surface area contributed by atoms with Crippen LogP contribution in [0.3, 0.4) is 0 Å². The Morgan fingerprint density at radius 2 is 0.971 bits per heavy atom. The van der Waals surface area contributed by atoms with E-state index in [1.54, 1.807) is 36.4 Å². The Morgan fingerprint density at radius 1 is 0.529 bits per heavy atom. The van der Waals surface area contributed by atoms with Gasteiger partial charge in [-0.2, -0.15) is 0 Å². The van der Waals surface area contributed by atoms with Gasteiger partial charge in [-0.1, -0.05) is 121 Å². The van der Waals surface area contributed by atoms with Crippen LogP contribution >= 0.6 is 0 Å². The molecule has 0 bridgehead atoms. The summed E-state index contributed by atoms with van der Waals surface area (Å²) >= 11 is 0. The van der Waals surface area contributed by atoms with Crippen LogP contribution < -0.4 is 4.74 Å². The van der Waals surface area contributed by atoms with Crippen molar-refractivity contribution >= 4 is 11.6 Å². The van der Waals surface area contributed by atoms with Crippen LogP contribution in [0, 0.1) is 0 Å². The first-order valence-electron chi connectivity index (χ1n) is 13.7. The number of carbonyl (C=O) groups excluding carboxylic acids is 2. The summed E-state index contributed by atoms with van der Waals surface area (Å²) < 4.78 is 5.89. The maximum absolute atomic E-state index is 12.8. The molecule has 0 saturated heterocycles. The zero-order chi connectivity index (χ0) is 24.0. The monoisotopic (exact) mass is 462 g/mol. The Kier molecular flexibility index (Phi) is 11.4. The van der Waals surface area contributed by atoms with Crippen LogP contribution in [-0.2, 0) is 0 Å². The van der Waals surface area contributed by atoms with E-state index >= 15 is 0 Å². The highest BCUT2D eigenvalue weighted by Crippen LogP contribution is 2.29. The summed E-state index contributed by atoms with van der Waals surface area (Å²) in [6.45, 7) is 2.92. The summed E-state index contributed by atoms with van der Waals surface area (Å²) in [6.07, 6.45) is 20.1. The molecule has 0 unspecified atom stereocenters. The predicted molar refractivity (Wildman–Crippen MR) is 140 cm³/mol. The lowest BCUT2D eigenvalue weighted by molar-refractivity contribution is 0.0978. The fraction of sp³-hybridized carbons (Fsp3) is 0.548. The lowest BCUT2D eigenvalue weighted by Crippen LogP contribution is -2.20. The molecule has 0 atom stereocenters. The number of hydrogen-bond acceptors (Lipinski definition) is 3. The maximum Gasteiger partial charge on any atom is 0.194 e. The van der Waals surface area contributed by atoms with Gasteiger partial charge in [-0.15, -0.1) is 0 Å². The molecule has 0 spiro atoms. The first-order valence-corrected chi connectivity index (χ1v) is 13.7. The van der Waals surface area contributed by atoms with Crippen LogP contribution in [0.4, 0.5) is 0 Å². The number of carbonyl (C=O) groups is 2. The van der Waals surface area contributed by atoms with Gasteiger partial charge in [0.25, 0.3) is 0 Å². The zero-order valence-electron chi connectivity index (χ0n) is 21.1. The average Bonchev–Trinajstić information content (AvgIpc) is 2.87. The standard InChI is InChI=1S/C31H42O3/c1-2-3-4-5-6-7-8-9-10-11-12-13-14-15-18-23-34-25-21-22-28-29(24-25)31(33)27-20-17-16-19-26(27)30(28)32/h16-17,19-22,24H,2-15,18,23H2,1H3. The molecular weight excluding hydrogens is 420 g/mol. The molecule has 184 valence electrons. The molecule has 1 aliphatic rings. The number of rotatable bonds is 17. The highest BCUT2D eigenvalue weighted by atomic mass is 16.5. The molecule has 2 aromatic carbocycles. The quantitative estimate of drug-likeness (QED) is 0.188. The summed E-state index contributed by atoms with van der Waals surface area (Å²) in [6, 6.07) is 12.3. The van der Waals surface area contributed by atoms with Gasteiger partial charge in [-0.05, 0) is 24.6 Å². The summed E-state index contributed by atoms with van der Waals surface area (Å²) in [5.41, 5.74) is 1.91. The number of ether oxygens (including phenoxy) is 1. The lowest BCUT2D eigenvalue weighted by atomic mass is 9.84. The zero-order valence-corrected chi connectivity index (χ0v) is 21.1. The number of unbranched alkanes of at least 4 members (excludes halogenated alkanes) is 14. The Bertz CT molecular complexity index is 915. The maximum atomic E-state index is 12.8. The molecule has 0 radical (unpaired) electrons. The van der Waals surface area contributed by atoms with E-state index in [2.05, 4.69) is 6.92 Å². The van der Waals surface area contributed by atoms with E-state index in [9.17, 15) is 9.59 Å². The molecule has 0 aromatic heterocycles. The van der Waals surface area contributed by atoms with Crippen molar-refractivity contribution in [2.75, 3.05) is 6.61 Å². The van der Waals surface area contributed by atoms with Gasteiger partial charge >= 0.3 is 0 Å². The lowest BCUT2D eigenvalue weighted by Gasteiger charge is -2.18. The van der Waals surface area contributed by atoms with Gasteiger partial charge in [0.1, 0.15) is 5.75 Å². The molecule has 1 aliphatic carbocycles. The molecule has 3 nitrogen and oxygen atoms in total. The van der Waals surface area contributed by atoms with Crippen LogP contribution in [0.5, 0.6) is 5.75 Å². The van der Waals surface area contributed by atoms with E-state index < -0.39 is 0 Å². The third-order valence-electron chi connectivity index (χ3n) is 6.91. The van der Waals surface area contributed by atoms with Crippen molar-refractivity contribution in [3.8, 4) is 5.75 Å². The number of fused-ring (bicyclic) bond motifs is 2. The van der Waals surface area contributed by atoms with Gasteiger partial charge < -0.3 is 4.74 Å². The van der Waals surface area contributed by atoms with Crippen LogP contribution in [-0.4, -0.2) is 18.2 Å². The molecule has 3 rings (SSSR count). The molecule has 2 aromatic rings. The van der Waals surface area contributed by atoms with Gasteiger partial charge in [0.05, 0.1) is 6.61 Å². The second-order valence-corrected chi connectivity index (χ2v) is 9.71. The van der Waals surface area contributed by atoms with E-state index in [4.69, 9.17) is 4.74 Å². The van der Waals surface area contributed by atoms with Crippen molar-refractivity contribution in [2.24, 2.45) is 0 Å². The van der Waals surface area contributed by atoms with Crippen LogP contribution in [0.15, 0.2) is 42.5 Å². The summed E-state index contributed by atoms with van der Waals surface area (Å²) in [7, 11) is 0. The van der Waals surface area contributed by atoms with Crippen molar-refractivity contribution < 1.29 is 14.3 Å². The second-order valence-electron chi connectivity index (χ2n) is 9.71. The SMILES string of the molecule is CCCCCCCCCCCCCCCCCOc1ccc2c(c1)C(=O)c1ccccc1C2=O. The smallest absolute Gasteiger partial charge is 0.194 e. The summed E-state index contributed by atoms with van der Waals surface area (Å²) in [5, 5.41) is 0. The largest absolute Gasteiger partial charge is 0.494 e. The van der Waals surface area contributed by atoms with E-state index in [0.717, 1.165) is 6.42 Å². The van der Waals surface area contributed by atoms with Crippen LogP contribution in [0.1, 0.15) is 135 Å². The predicted octanol–water partition coefficient (Wildman–Crippen LogP) is 8.71. The van der Waals surface area contributed by atoms with Gasteiger partial charge in [0.15, 0.2) is 11.6 Å². The third kappa shape index (κ3) is 7.82. The average molecular weight is 463 g/mol. The van der Waals surface area contributed by atoms with Gasteiger partial charge in [-0.25, -0.2) is 0 Å². The normalized spacial score (nSPS) is 12.5. The van der Waals surface area contributed by atoms with E-state index in [1.165, 1.54) is 89.9 Å². The molecule has 0 N–H and O–H groups in total. The number of benzene rings is 2. The van der Waals surface area contributed by atoms with Crippen molar-refractivity contribution in [1.82, 2.24) is 0 Å². The first-order chi connectivity index (χ1) is 16.7. The molecular formula is C31H42O3. The van der Waals surface area contributed by atoms with Crippen molar-refractivity contribution in [3.05, 3.63) is 64.7 Å². The second kappa shape index (κ2) is 14.8. The van der Waals surface area contributed by atoms with E-state index in [0.29, 0.717) is 34.6 Å². The minimum absolute atomic E-state index is 0.0841. The van der Waals surface area contributed by atoms with E-state index in [-0.39, 0.29) is 11.6 Å². The van der Waals surface area contributed by atoms with Gasteiger partial charge in [0, 0.05) is 22.3 Å². The molecule has 0 amide bonds. The fourth-order valence-corrected chi connectivity index (χ4v) is 4.83. The molecule has 0 heterocycles. The molecule has 0 saturated carbocycles. The van der Waals surface area contributed by atoms with Crippen molar-refractivity contribution in [2.45, 2.75) is 103 Å². The van der Waals surface area contributed by atoms with Crippen LogP contribution in [0.2, 0.25) is 0 Å². The van der Waals surface area contributed by atoms with Gasteiger partial charge in [-0.3, -0.25) is 9.59 Å². The first kappa shape index (κ1) is 26.2. The Hall–Kier alpha value is -2.42. The number of ketones is 2. The Balaban J connectivity index is 1.23. The minimum atomic E-state index is -0.0948. The van der Waals surface area contributed by atoms with Crippen LogP contribution in [0.25, 0.3) is 0 Å². The van der Waals surface area contributed by atoms with Crippen molar-refractivity contribution in [3.63, 3.8) is 0 Å². The van der Waals surface area contributed by atoms with Gasteiger partial charge in [0.2, 0.25) is 0 Å². The molecule has 34 heavy (non-hydrogen) atoms. The Morgan fingerprint density at radius 3 is 1.50 bits per heavy atom. The molecule has 0 fully saturated rings. The third-order valence-corrected chi connectivity index (χ3v) is 6.91. The topological polar surface area (TPSA) is 43.4 Å². The Labute approximate surface area is 206 Å².